The first-order valence-electron chi connectivity index (χ1n) is 7.09. The molecule has 1 aliphatic rings. The van der Waals surface area contributed by atoms with Crippen LogP contribution in [0.5, 0.6) is 0 Å². The summed E-state index contributed by atoms with van der Waals surface area (Å²) in [5.74, 6) is 0.867. The van der Waals surface area contributed by atoms with Crippen LogP contribution in [0.15, 0.2) is 4.34 Å². The maximum absolute atomic E-state index is 10.5. The zero-order valence-electron chi connectivity index (χ0n) is 11.7. The molecule has 5 nitrogen and oxygen atoms in total. The number of nitrogens with zero attached hydrogens (tertiary/aromatic N) is 2. The van der Waals surface area contributed by atoms with Crippen molar-refractivity contribution < 1.29 is 9.90 Å². The molecule has 7 heteroatoms. The molecule has 0 aromatic carbocycles. The minimum atomic E-state index is -0.826. The average molecular weight is 315 g/mol. The van der Waals surface area contributed by atoms with Crippen LogP contribution < -0.4 is 5.32 Å². The first-order chi connectivity index (χ1) is 9.67. The SMILES string of the molecule is CCC1CCC(CNc2nnc(SCC(=O)O)s2)CC1. The summed E-state index contributed by atoms with van der Waals surface area (Å²) in [5.41, 5.74) is 0. The lowest BCUT2D eigenvalue weighted by Crippen LogP contribution is -2.20. The van der Waals surface area contributed by atoms with Gasteiger partial charge in [-0.25, -0.2) is 0 Å². The Bertz CT molecular complexity index is 431. The molecule has 1 aromatic rings. The zero-order chi connectivity index (χ0) is 14.4. The van der Waals surface area contributed by atoms with Crippen LogP contribution in [0.1, 0.15) is 39.0 Å². The lowest BCUT2D eigenvalue weighted by atomic mass is 9.81. The topological polar surface area (TPSA) is 75.1 Å². The molecule has 2 N–H and O–H groups in total. The zero-order valence-corrected chi connectivity index (χ0v) is 13.3. The van der Waals surface area contributed by atoms with Crippen molar-refractivity contribution >= 4 is 34.2 Å². The van der Waals surface area contributed by atoms with Gasteiger partial charge in [-0.2, -0.15) is 0 Å². The molecule has 20 heavy (non-hydrogen) atoms. The maximum Gasteiger partial charge on any atom is 0.313 e. The highest BCUT2D eigenvalue weighted by Crippen LogP contribution is 2.31. The molecule has 112 valence electrons. The average Bonchev–Trinajstić information content (AvgIpc) is 2.91. The molecule has 1 saturated carbocycles. The molecule has 1 aromatic heterocycles. The van der Waals surface area contributed by atoms with Gasteiger partial charge in [0.05, 0.1) is 5.75 Å². The van der Waals surface area contributed by atoms with Gasteiger partial charge in [0.15, 0.2) is 4.34 Å². The highest BCUT2D eigenvalue weighted by molar-refractivity contribution is 8.01. The van der Waals surface area contributed by atoms with E-state index in [0.717, 1.165) is 23.5 Å². The molecular weight excluding hydrogens is 294 g/mol. The Labute approximate surface area is 127 Å². The summed E-state index contributed by atoms with van der Waals surface area (Å²) in [7, 11) is 0. The van der Waals surface area contributed by atoms with Gasteiger partial charge in [0, 0.05) is 6.54 Å². The first kappa shape index (κ1) is 15.6. The standard InChI is InChI=1S/C13H21N3O2S2/c1-2-9-3-5-10(6-4-9)7-14-12-15-16-13(20-12)19-8-11(17)18/h9-10H,2-8H2,1H3,(H,14,15)(H,17,18). The van der Waals surface area contributed by atoms with E-state index >= 15 is 0 Å². The van der Waals surface area contributed by atoms with Crippen LogP contribution in [-0.4, -0.2) is 33.6 Å². The van der Waals surface area contributed by atoms with Crippen molar-refractivity contribution in [2.24, 2.45) is 11.8 Å². The molecule has 0 bridgehead atoms. The van der Waals surface area contributed by atoms with Gasteiger partial charge in [0.2, 0.25) is 5.13 Å². The number of rotatable bonds is 7. The van der Waals surface area contributed by atoms with Crippen LogP contribution in [0.2, 0.25) is 0 Å². The van der Waals surface area contributed by atoms with Crippen LogP contribution in [0.4, 0.5) is 5.13 Å². The summed E-state index contributed by atoms with van der Waals surface area (Å²) in [4.78, 5) is 10.5. The van der Waals surface area contributed by atoms with Crippen molar-refractivity contribution in [3.05, 3.63) is 0 Å². The largest absolute Gasteiger partial charge is 0.481 e. The molecule has 1 aliphatic carbocycles. The van der Waals surface area contributed by atoms with Gasteiger partial charge in [0.25, 0.3) is 0 Å². The van der Waals surface area contributed by atoms with E-state index in [-0.39, 0.29) is 5.75 Å². The Morgan fingerprint density at radius 2 is 2.05 bits per heavy atom. The van der Waals surface area contributed by atoms with E-state index in [1.807, 2.05) is 0 Å². The number of carbonyl (C=O) groups is 1. The summed E-state index contributed by atoms with van der Waals surface area (Å²) < 4.78 is 0.713. The van der Waals surface area contributed by atoms with Crippen molar-refractivity contribution in [2.75, 3.05) is 17.6 Å². The Hall–Kier alpha value is -0.820. The lowest BCUT2D eigenvalue weighted by molar-refractivity contribution is -0.133. The van der Waals surface area contributed by atoms with E-state index in [1.54, 1.807) is 0 Å². The molecule has 0 spiro atoms. The number of hydrogen-bond donors (Lipinski definition) is 2. The number of carboxylic acids is 1. The van der Waals surface area contributed by atoms with Gasteiger partial charge < -0.3 is 10.4 Å². The third-order valence-corrected chi connectivity index (χ3v) is 5.81. The second kappa shape index (κ2) is 7.83. The highest BCUT2D eigenvalue weighted by atomic mass is 32.2. The molecule has 1 heterocycles. The highest BCUT2D eigenvalue weighted by Gasteiger charge is 2.20. The summed E-state index contributed by atoms with van der Waals surface area (Å²) in [5, 5.41) is 20.8. The summed E-state index contributed by atoms with van der Waals surface area (Å²) >= 11 is 2.65. The lowest BCUT2D eigenvalue weighted by Gasteiger charge is -2.27. The molecule has 0 unspecified atom stereocenters. The fraction of sp³-hybridized carbons (Fsp3) is 0.769. The number of carboxylic acid groups (broad SMARTS) is 1. The van der Waals surface area contributed by atoms with E-state index in [1.165, 1.54) is 55.2 Å². The molecule has 0 radical (unpaired) electrons. The van der Waals surface area contributed by atoms with E-state index in [2.05, 4.69) is 22.4 Å². The number of aromatic nitrogens is 2. The molecule has 0 amide bonds. The van der Waals surface area contributed by atoms with E-state index in [4.69, 9.17) is 5.11 Å². The van der Waals surface area contributed by atoms with E-state index in [0.29, 0.717) is 4.34 Å². The normalized spacial score (nSPS) is 22.6. The van der Waals surface area contributed by atoms with Gasteiger partial charge in [0.1, 0.15) is 0 Å². The molecular formula is C13H21N3O2S2. The van der Waals surface area contributed by atoms with Crippen LogP contribution in [0.3, 0.4) is 0 Å². The predicted molar refractivity (Wildman–Crippen MR) is 82.5 cm³/mol. The summed E-state index contributed by atoms with van der Waals surface area (Å²) in [6, 6.07) is 0. The Morgan fingerprint density at radius 3 is 2.70 bits per heavy atom. The van der Waals surface area contributed by atoms with Crippen LogP contribution in [0.25, 0.3) is 0 Å². The number of nitrogens with one attached hydrogen (secondary N) is 1. The number of anilines is 1. The van der Waals surface area contributed by atoms with Crippen molar-refractivity contribution in [2.45, 2.75) is 43.4 Å². The Balaban J connectivity index is 1.70. The van der Waals surface area contributed by atoms with Crippen molar-refractivity contribution in [3.8, 4) is 0 Å². The van der Waals surface area contributed by atoms with Crippen molar-refractivity contribution in [1.29, 1.82) is 0 Å². The van der Waals surface area contributed by atoms with Crippen molar-refractivity contribution in [1.82, 2.24) is 10.2 Å². The second-order valence-electron chi connectivity index (χ2n) is 5.23. The quantitative estimate of drug-likeness (QED) is 0.752. The Morgan fingerprint density at radius 1 is 1.35 bits per heavy atom. The van der Waals surface area contributed by atoms with Crippen LogP contribution in [0, 0.1) is 11.8 Å². The molecule has 1 fully saturated rings. The first-order valence-corrected chi connectivity index (χ1v) is 8.89. The van der Waals surface area contributed by atoms with Gasteiger partial charge >= 0.3 is 5.97 Å². The monoisotopic (exact) mass is 315 g/mol. The van der Waals surface area contributed by atoms with Gasteiger partial charge in [-0.1, -0.05) is 49.3 Å². The smallest absolute Gasteiger partial charge is 0.313 e. The van der Waals surface area contributed by atoms with Gasteiger partial charge in [-0.3, -0.25) is 4.79 Å². The third kappa shape index (κ3) is 4.94. The third-order valence-electron chi connectivity index (χ3n) is 3.81. The van der Waals surface area contributed by atoms with Gasteiger partial charge in [-0.05, 0) is 24.7 Å². The van der Waals surface area contributed by atoms with Crippen LogP contribution in [-0.2, 0) is 4.79 Å². The number of aliphatic carboxylic acids is 1. The minimum absolute atomic E-state index is 0.0374. The maximum atomic E-state index is 10.5. The van der Waals surface area contributed by atoms with Crippen molar-refractivity contribution in [3.63, 3.8) is 0 Å². The Kier molecular flexibility index (Phi) is 6.09. The summed E-state index contributed by atoms with van der Waals surface area (Å²) in [6.45, 7) is 3.23. The predicted octanol–water partition coefficient (Wildman–Crippen LogP) is 3.34. The minimum Gasteiger partial charge on any atom is -0.481 e. The van der Waals surface area contributed by atoms with Crippen LogP contribution >= 0.6 is 23.1 Å². The second-order valence-corrected chi connectivity index (χ2v) is 7.43. The van der Waals surface area contributed by atoms with E-state index in [9.17, 15) is 4.79 Å². The summed E-state index contributed by atoms with van der Waals surface area (Å²) in [6.07, 6.45) is 6.59. The number of hydrogen-bond acceptors (Lipinski definition) is 6. The van der Waals surface area contributed by atoms with E-state index < -0.39 is 5.97 Å². The fourth-order valence-electron chi connectivity index (χ4n) is 2.54. The number of thioether (sulfide) groups is 1. The fourth-order valence-corrected chi connectivity index (χ4v) is 4.02. The molecule has 0 atom stereocenters. The molecule has 0 saturated heterocycles. The molecule has 0 aliphatic heterocycles. The molecule has 2 rings (SSSR count). The van der Waals surface area contributed by atoms with Gasteiger partial charge in [-0.15, -0.1) is 10.2 Å².